The number of hydrogen-bond donors (Lipinski definition) is 2. The molecule has 0 fully saturated rings. The third-order valence-electron chi connectivity index (χ3n) is 4.12. The van der Waals surface area contributed by atoms with E-state index in [-0.39, 0.29) is 0 Å². The molecule has 0 radical (unpaired) electrons. The average molecular weight is 426 g/mol. The summed E-state index contributed by atoms with van der Waals surface area (Å²) in [5, 5.41) is 5.33. The molecule has 3 nitrogen and oxygen atoms in total. The second-order valence-electron chi connectivity index (χ2n) is 5.66. The number of thiophene rings is 2. The zero-order valence-corrected chi connectivity index (χ0v) is 16.1. The molecule has 5 rings (SSSR count). The van der Waals surface area contributed by atoms with E-state index in [4.69, 9.17) is 4.98 Å². The largest absolute Gasteiger partial charge is 0.360 e. The van der Waals surface area contributed by atoms with E-state index in [0.717, 1.165) is 38.2 Å². The highest BCUT2D eigenvalue weighted by Gasteiger charge is 2.18. The standard InChI is InChI=1S/C19H12BrN3S2/c20-11-5-6-14-12(9-11)13(10-21-14)19-22-17(15-3-1-7-24-15)18(23-19)16-4-2-8-25-16/h1-10,21H,(H,22,23). The summed E-state index contributed by atoms with van der Waals surface area (Å²) in [5.41, 5.74) is 4.27. The van der Waals surface area contributed by atoms with E-state index in [1.165, 1.54) is 9.75 Å². The molecular weight excluding hydrogens is 414 g/mol. The highest BCUT2D eigenvalue weighted by molar-refractivity contribution is 9.10. The topological polar surface area (TPSA) is 44.5 Å². The lowest BCUT2D eigenvalue weighted by atomic mass is 10.2. The molecule has 122 valence electrons. The van der Waals surface area contributed by atoms with Gasteiger partial charge in [-0.05, 0) is 41.1 Å². The highest BCUT2D eigenvalue weighted by atomic mass is 79.9. The molecule has 5 aromatic rings. The number of halogens is 1. The van der Waals surface area contributed by atoms with Gasteiger partial charge in [0, 0.05) is 27.1 Å². The Hall–Kier alpha value is -2.15. The number of rotatable bonds is 3. The van der Waals surface area contributed by atoms with Crippen molar-refractivity contribution in [3.8, 4) is 32.5 Å². The maximum atomic E-state index is 4.96. The Bertz CT molecular complexity index is 1100. The van der Waals surface area contributed by atoms with Crippen LogP contribution in [0, 0.1) is 0 Å². The Kier molecular flexibility index (Phi) is 3.62. The summed E-state index contributed by atoms with van der Waals surface area (Å²) in [7, 11) is 0. The molecule has 0 atom stereocenters. The van der Waals surface area contributed by atoms with Gasteiger partial charge in [-0.1, -0.05) is 28.1 Å². The van der Waals surface area contributed by atoms with Gasteiger partial charge in [-0.25, -0.2) is 4.98 Å². The number of hydrogen-bond acceptors (Lipinski definition) is 3. The number of fused-ring (bicyclic) bond motifs is 1. The van der Waals surface area contributed by atoms with Crippen molar-refractivity contribution in [1.29, 1.82) is 0 Å². The second kappa shape index (κ2) is 5.98. The van der Waals surface area contributed by atoms with Crippen molar-refractivity contribution in [2.75, 3.05) is 0 Å². The first-order valence-corrected chi connectivity index (χ1v) is 10.3. The summed E-state index contributed by atoms with van der Waals surface area (Å²) < 4.78 is 1.06. The fourth-order valence-corrected chi connectivity index (χ4v) is 4.79. The molecule has 4 aromatic heterocycles. The SMILES string of the molecule is Brc1ccc2[nH]cc(-c3nc(-c4cccs4)c(-c4cccs4)[nH]3)c2c1. The van der Waals surface area contributed by atoms with Crippen molar-refractivity contribution in [3.63, 3.8) is 0 Å². The predicted molar refractivity (Wildman–Crippen MR) is 110 cm³/mol. The monoisotopic (exact) mass is 425 g/mol. The van der Waals surface area contributed by atoms with Crippen LogP contribution in [0.25, 0.3) is 43.4 Å². The van der Waals surface area contributed by atoms with Crippen molar-refractivity contribution in [2.24, 2.45) is 0 Å². The van der Waals surface area contributed by atoms with Crippen LogP contribution >= 0.6 is 38.6 Å². The summed E-state index contributed by atoms with van der Waals surface area (Å²) in [6.45, 7) is 0. The molecule has 0 saturated carbocycles. The van der Waals surface area contributed by atoms with Gasteiger partial charge >= 0.3 is 0 Å². The van der Waals surface area contributed by atoms with Gasteiger partial charge in [0.2, 0.25) is 0 Å². The molecule has 0 spiro atoms. The molecule has 6 heteroatoms. The number of nitrogens with zero attached hydrogens (tertiary/aromatic N) is 1. The number of aromatic amines is 2. The summed E-state index contributed by atoms with van der Waals surface area (Å²) in [6.07, 6.45) is 2.02. The summed E-state index contributed by atoms with van der Waals surface area (Å²) in [4.78, 5) is 14.2. The summed E-state index contributed by atoms with van der Waals surface area (Å²) >= 11 is 7.00. The first-order valence-electron chi connectivity index (χ1n) is 7.74. The lowest BCUT2D eigenvalue weighted by Gasteiger charge is -1.96. The molecule has 1 aromatic carbocycles. The molecule has 0 amide bonds. The van der Waals surface area contributed by atoms with Crippen molar-refractivity contribution in [3.05, 3.63) is 63.9 Å². The molecule has 0 unspecified atom stereocenters. The van der Waals surface area contributed by atoms with Crippen LogP contribution in [0.15, 0.2) is 63.9 Å². The minimum atomic E-state index is 0.885. The predicted octanol–water partition coefficient (Wildman–Crippen LogP) is 6.78. The van der Waals surface area contributed by atoms with Crippen molar-refractivity contribution in [2.45, 2.75) is 0 Å². The van der Waals surface area contributed by atoms with E-state index in [0.29, 0.717) is 0 Å². The van der Waals surface area contributed by atoms with E-state index in [1.807, 2.05) is 12.3 Å². The van der Waals surface area contributed by atoms with Crippen molar-refractivity contribution in [1.82, 2.24) is 15.0 Å². The minimum absolute atomic E-state index is 0.885. The zero-order chi connectivity index (χ0) is 16.8. The molecular formula is C19H12BrN3S2. The smallest absolute Gasteiger partial charge is 0.140 e. The summed E-state index contributed by atoms with van der Waals surface area (Å²) in [5.74, 6) is 0.885. The number of imidazole rings is 1. The van der Waals surface area contributed by atoms with Gasteiger partial charge in [0.25, 0.3) is 0 Å². The molecule has 25 heavy (non-hydrogen) atoms. The van der Waals surface area contributed by atoms with Crippen molar-refractivity contribution >= 4 is 49.5 Å². The fraction of sp³-hybridized carbons (Fsp3) is 0. The van der Waals surface area contributed by atoms with Gasteiger partial charge in [0.1, 0.15) is 11.5 Å². The second-order valence-corrected chi connectivity index (χ2v) is 8.47. The number of aromatic nitrogens is 3. The summed E-state index contributed by atoms with van der Waals surface area (Å²) in [6, 6.07) is 14.6. The van der Waals surface area contributed by atoms with E-state index >= 15 is 0 Å². The third kappa shape index (κ3) is 2.57. The van der Waals surface area contributed by atoms with E-state index in [1.54, 1.807) is 22.7 Å². The van der Waals surface area contributed by atoms with Gasteiger partial charge in [0.05, 0.1) is 15.4 Å². The lowest BCUT2D eigenvalue weighted by molar-refractivity contribution is 1.32. The fourth-order valence-electron chi connectivity index (χ4n) is 2.98. The van der Waals surface area contributed by atoms with Gasteiger partial charge < -0.3 is 9.97 Å². The first-order chi connectivity index (χ1) is 12.3. The maximum Gasteiger partial charge on any atom is 0.140 e. The molecule has 2 N–H and O–H groups in total. The Morgan fingerprint density at radius 2 is 1.76 bits per heavy atom. The average Bonchev–Trinajstić information content (AvgIpc) is 3.37. The van der Waals surface area contributed by atoms with Gasteiger partial charge in [0.15, 0.2) is 0 Å². The van der Waals surface area contributed by atoms with Crippen LogP contribution < -0.4 is 0 Å². The van der Waals surface area contributed by atoms with Crippen molar-refractivity contribution < 1.29 is 0 Å². The molecule has 4 heterocycles. The van der Waals surface area contributed by atoms with Gasteiger partial charge in [-0.3, -0.25) is 0 Å². The van der Waals surface area contributed by atoms with Crippen LogP contribution in [0.4, 0.5) is 0 Å². The first kappa shape index (κ1) is 15.1. The number of benzene rings is 1. The quantitative estimate of drug-likeness (QED) is 0.328. The molecule has 0 bridgehead atoms. The molecule has 0 aliphatic heterocycles. The number of H-pyrrole nitrogens is 2. The highest BCUT2D eigenvalue weighted by Crippen LogP contribution is 2.38. The van der Waals surface area contributed by atoms with E-state index in [9.17, 15) is 0 Å². The van der Waals surface area contributed by atoms with Crippen LogP contribution in [-0.4, -0.2) is 15.0 Å². The molecule has 0 aliphatic carbocycles. The zero-order valence-electron chi connectivity index (χ0n) is 12.9. The molecule has 0 saturated heterocycles. The Morgan fingerprint density at radius 1 is 0.960 bits per heavy atom. The number of nitrogens with one attached hydrogen (secondary N) is 2. The van der Waals surface area contributed by atoms with Crippen LogP contribution in [0.2, 0.25) is 0 Å². The maximum absolute atomic E-state index is 4.96. The van der Waals surface area contributed by atoms with Crippen LogP contribution in [-0.2, 0) is 0 Å². The Balaban J connectivity index is 1.74. The van der Waals surface area contributed by atoms with Crippen LogP contribution in [0.5, 0.6) is 0 Å². The normalized spacial score (nSPS) is 11.4. The van der Waals surface area contributed by atoms with Gasteiger partial charge in [-0.15, -0.1) is 22.7 Å². The minimum Gasteiger partial charge on any atom is -0.360 e. The van der Waals surface area contributed by atoms with Gasteiger partial charge in [-0.2, -0.15) is 0 Å². The van der Waals surface area contributed by atoms with Crippen LogP contribution in [0.1, 0.15) is 0 Å². The third-order valence-corrected chi connectivity index (χ3v) is 6.38. The van der Waals surface area contributed by atoms with E-state index < -0.39 is 0 Å². The van der Waals surface area contributed by atoms with Crippen LogP contribution in [0.3, 0.4) is 0 Å². The Labute approximate surface area is 160 Å². The lowest BCUT2D eigenvalue weighted by Crippen LogP contribution is -1.78. The van der Waals surface area contributed by atoms with E-state index in [2.05, 4.69) is 73.1 Å². The Morgan fingerprint density at radius 3 is 2.52 bits per heavy atom. The molecule has 0 aliphatic rings.